The number of carbonyl (C=O) groups is 1. The Morgan fingerprint density at radius 1 is 1.10 bits per heavy atom. The van der Waals surface area contributed by atoms with E-state index in [9.17, 15) is 9.90 Å². The van der Waals surface area contributed by atoms with Gasteiger partial charge in [-0.25, -0.2) is 0 Å². The zero-order valence-corrected chi connectivity index (χ0v) is 11.7. The van der Waals surface area contributed by atoms with Crippen LogP contribution >= 0.6 is 0 Å². The summed E-state index contributed by atoms with van der Waals surface area (Å²) in [6.07, 6.45) is 0. The number of benzene rings is 2. The molecule has 0 heterocycles. The smallest absolute Gasteiger partial charge is 0.259 e. The molecule has 2 rings (SSSR count). The van der Waals surface area contributed by atoms with Crippen molar-refractivity contribution in [3.8, 4) is 17.2 Å². The van der Waals surface area contributed by atoms with E-state index in [4.69, 9.17) is 15.2 Å². The number of ether oxygens (including phenoxy) is 2. The lowest BCUT2D eigenvalue weighted by molar-refractivity contribution is 0.102. The number of phenols is 1. The molecule has 0 saturated heterocycles. The summed E-state index contributed by atoms with van der Waals surface area (Å²) in [5.74, 6) is 0.444. The number of nitrogens with one attached hydrogen (secondary N) is 1. The number of rotatable bonds is 4. The van der Waals surface area contributed by atoms with Crippen LogP contribution in [0.15, 0.2) is 36.4 Å². The summed E-state index contributed by atoms with van der Waals surface area (Å²) < 4.78 is 10.1. The number of carbonyl (C=O) groups excluding carboxylic acids is 1. The fourth-order valence-electron chi connectivity index (χ4n) is 1.80. The van der Waals surface area contributed by atoms with Crippen LogP contribution in [0.1, 0.15) is 10.4 Å². The first kappa shape index (κ1) is 14.5. The Hall–Kier alpha value is -2.89. The monoisotopic (exact) mass is 288 g/mol. The van der Waals surface area contributed by atoms with Crippen molar-refractivity contribution in [3.05, 3.63) is 42.0 Å². The third kappa shape index (κ3) is 3.17. The Bertz CT molecular complexity index is 671. The number of nitrogens with two attached hydrogens (primary N) is 1. The van der Waals surface area contributed by atoms with Crippen molar-refractivity contribution in [3.63, 3.8) is 0 Å². The molecule has 0 spiro atoms. The zero-order valence-electron chi connectivity index (χ0n) is 11.7. The van der Waals surface area contributed by atoms with Crippen LogP contribution in [0, 0.1) is 0 Å². The van der Waals surface area contributed by atoms with E-state index < -0.39 is 5.91 Å². The van der Waals surface area contributed by atoms with Gasteiger partial charge in [-0.15, -0.1) is 0 Å². The van der Waals surface area contributed by atoms with Gasteiger partial charge in [0, 0.05) is 6.07 Å². The average molecular weight is 288 g/mol. The molecule has 1 amide bonds. The van der Waals surface area contributed by atoms with Gasteiger partial charge in [-0.2, -0.15) is 0 Å². The first-order chi connectivity index (χ1) is 10.0. The highest BCUT2D eigenvalue weighted by Crippen LogP contribution is 2.27. The number of nitrogen functional groups attached to an aromatic ring is 1. The Labute approximate surface area is 122 Å². The van der Waals surface area contributed by atoms with Gasteiger partial charge in [0.1, 0.15) is 17.2 Å². The molecule has 6 nitrogen and oxygen atoms in total. The summed E-state index contributed by atoms with van der Waals surface area (Å²) in [7, 11) is 3.01. The van der Waals surface area contributed by atoms with Gasteiger partial charge in [0.25, 0.3) is 5.91 Å². The summed E-state index contributed by atoms with van der Waals surface area (Å²) >= 11 is 0. The molecule has 6 heteroatoms. The maximum absolute atomic E-state index is 12.2. The Kier molecular flexibility index (Phi) is 4.18. The van der Waals surface area contributed by atoms with E-state index in [1.54, 1.807) is 24.3 Å². The molecule has 0 aliphatic carbocycles. The summed E-state index contributed by atoms with van der Waals surface area (Å²) in [5, 5.41) is 12.4. The van der Waals surface area contributed by atoms with E-state index in [0.717, 1.165) is 0 Å². The molecule has 0 fully saturated rings. The third-order valence-corrected chi connectivity index (χ3v) is 2.96. The first-order valence-corrected chi connectivity index (χ1v) is 6.17. The number of hydrogen-bond donors (Lipinski definition) is 3. The van der Waals surface area contributed by atoms with Crippen molar-refractivity contribution in [2.75, 3.05) is 25.3 Å². The Balaban J connectivity index is 2.26. The lowest BCUT2D eigenvalue weighted by Crippen LogP contribution is -2.13. The standard InChI is InChI=1S/C15H16N2O4/c1-20-9-4-6-14(18)11(7-9)15(19)17-13-5-3-10(21-2)8-12(13)16/h3-8,18H,16H2,1-2H3,(H,17,19). The molecule has 0 atom stereocenters. The number of methoxy groups -OCH3 is 2. The van der Waals surface area contributed by atoms with Crippen LogP contribution in [0.25, 0.3) is 0 Å². The van der Waals surface area contributed by atoms with Crippen LogP contribution < -0.4 is 20.5 Å². The second kappa shape index (κ2) is 6.04. The molecule has 0 bridgehead atoms. The van der Waals surface area contributed by atoms with Gasteiger partial charge in [0.05, 0.1) is 31.2 Å². The fraction of sp³-hybridized carbons (Fsp3) is 0.133. The number of phenolic OH excluding ortho intramolecular Hbond substituents is 1. The summed E-state index contributed by atoms with van der Waals surface area (Å²) in [6.45, 7) is 0. The van der Waals surface area contributed by atoms with Crippen LogP contribution in [-0.2, 0) is 0 Å². The van der Waals surface area contributed by atoms with Crippen LogP contribution in [0.2, 0.25) is 0 Å². The second-order valence-corrected chi connectivity index (χ2v) is 4.29. The largest absolute Gasteiger partial charge is 0.507 e. The van der Waals surface area contributed by atoms with E-state index in [1.165, 1.54) is 26.4 Å². The van der Waals surface area contributed by atoms with Crippen molar-refractivity contribution >= 4 is 17.3 Å². The van der Waals surface area contributed by atoms with Gasteiger partial charge in [0.15, 0.2) is 0 Å². The van der Waals surface area contributed by atoms with Crippen LogP contribution in [0.4, 0.5) is 11.4 Å². The minimum Gasteiger partial charge on any atom is -0.507 e. The van der Waals surface area contributed by atoms with E-state index in [2.05, 4.69) is 5.32 Å². The van der Waals surface area contributed by atoms with Gasteiger partial charge in [-0.1, -0.05) is 0 Å². The molecular weight excluding hydrogens is 272 g/mol. The van der Waals surface area contributed by atoms with Crippen LogP contribution in [0.3, 0.4) is 0 Å². The van der Waals surface area contributed by atoms with Crippen molar-refractivity contribution < 1.29 is 19.4 Å². The molecule has 21 heavy (non-hydrogen) atoms. The molecule has 110 valence electrons. The molecule has 0 aliphatic rings. The quantitative estimate of drug-likeness (QED) is 0.750. The molecule has 0 unspecified atom stereocenters. The minimum atomic E-state index is -0.483. The molecule has 4 N–H and O–H groups in total. The Morgan fingerprint density at radius 2 is 1.71 bits per heavy atom. The normalized spacial score (nSPS) is 10.0. The fourth-order valence-corrected chi connectivity index (χ4v) is 1.80. The lowest BCUT2D eigenvalue weighted by Gasteiger charge is -2.11. The van der Waals surface area contributed by atoms with Crippen molar-refractivity contribution in [2.45, 2.75) is 0 Å². The second-order valence-electron chi connectivity index (χ2n) is 4.29. The van der Waals surface area contributed by atoms with E-state index in [1.807, 2.05) is 0 Å². The van der Waals surface area contributed by atoms with Crippen molar-refractivity contribution in [2.24, 2.45) is 0 Å². The Morgan fingerprint density at radius 3 is 2.33 bits per heavy atom. The van der Waals surface area contributed by atoms with Gasteiger partial charge >= 0.3 is 0 Å². The number of hydrogen-bond acceptors (Lipinski definition) is 5. The highest BCUT2D eigenvalue weighted by Gasteiger charge is 2.14. The van der Waals surface area contributed by atoms with Crippen LogP contribution in [-0.4, -0.2) is 25.2 Å². The minimum absolute atomic E-state index is 0.101. The molecule has 0 aliphatic heterocycles. The van der Waals surface area contributed by atoms with Crippen molar-refractivity contribution in [1.82, 2.24) is 0 Å². The predicted molar refractivity (Wildman–Crippen MR) is 80.0 cm³/mol. The topological polar surface area (TPSA) is 93.8 Å². The van der Waals surface area contributed by atoms with Crippen molar-refractivity contribution in [1.29, 1.82) is 0 Å². The summed E-state index contributed by atoms with van der Waals surface area (Å²) in [6, 6.07) is 9.31. The van der Waals surface area contributed by atoms with E-state index in [0.29, 0.717) is 22.9 Å². The van der Waals surface area contributed by atoms with Gasteiger partial charge in [0.2, 0.25) is 0 Å². The highest BCUT2D eigenvalue weighted by molar-refractivity contribution is 6.07. The van der Waals surface area contributed by atoms with E-state index >= 15 is 0 Å². The molecule has 0 saturated carbocycles. The first-order valence-electron chi connectivity index (χ1n) is 6.17. The lowest BCUT2D eigenvalue weighted by atomic mass is 10.1. The summed E-state index contributed by atoms with van der Waals surface area (Å²) in [4.78, 5) is 12.2. The number of amides is 1. The molecular formula is C15H16N2O4. The molecule has 2 aromatic carbocycles. The van der Waals surface area contributed by atoms with Gasteiger partial charge in [-0.05, 0) is 30.3 Å². The number of anilines is 2. The van der Waals surface area contributed by atoms with Crippen LogP contribution in [0.5, 0.6) is 17.2 Å². The number of aromatic hydroxyl groups is 1. The third-order valence-electron chi connectivity index (χ3n) is 2.96. The molecule has 0 aromatic heterocycles. The average Bonchev–Trinajstić information content (AvgIpc) is 2.49. The van der Waals surface area contributed by atoms with Gasteiger partial charge in [-0.3, -0.25) is 4.79 Å². The SMILES string of the molecule is COc1ccc(NC(=O)c2cc(OC)ccc2O)c(N)c1. The van der Waals surface area contributed by atoms with Gasteiger partial charge < -0.3 is 25.6 Å². The predicted octanol–water partition coefficient (Wildman–Crippen LogP) is 2.24. The van der Waals surface area contributed by atoms with E-state index in [-0.39, 0.29) is 11.3 Å². The zero-order chi connectivity index (χ0) is 15.4. The maximum Gasteiger partial charge on any atom is 0.259 e. The molecule has 2 aromatic rings. The summed E-state index contributed by atoms with van der Waals surface area (Å²) in [5.41, 5.74) is 6.74. The maximum atomic E-state index is 12.2. The molecule has 0 radical (unpaired) electrons. The highest BCUT2D eigenvalue weighted by atomic mass is 16.5.